The molecule has 0 radical (unpaired) electrons. The van der Waals surface area contributed by atoms with E-state index in [2.05, 4.69) is 15.9 Å². The lowest BCUT2D eigenvalue weighted by molar-refractivity contribution is 0.104. The van der Waals surface area contributed by atoms with E-state index in [4.69, 9.17) is 11.6 Å². The van der Waals surface area contributed by atoms with Gasteiger partial charge in [0.15, 0.2) is 5.78 Å². The fourth-order valence-electron chi connectivity index (χ4n) is 1.50. The van der Waals surface area contributed by atoms with Crippen molar-refractivity contribution < 1.29 is 4.79 Å². The summed E-state index contributed by atoms with van der Waals surface area (Å²) in [5.74, 6) is -0.0302. The van der Waals surface area contributed by atoms with Crippen molar-refractivity contribution in [2.45, 2.75) is 0 Å². The van der Waals surface area contributed by atoms with Gasteiger partial charge >= 0.3 is 0 Å². The first-order valence-electron chi connectivity index (χ1n) is 5.39. The largest absolute Gasteiger partial charge is 0.289 e. The van der Waals surface area contributed by atoms with Crippen molar-refractivity contribution >= 4 is 39.4 Å². The molecule has 0 spiro atoms. The van der Waals surface area contributed by atoms with Crippen LogP contribution in [0, 0.1) is 0 Å². The Bertz CT molecular complexity index is 588. The number of carbonyl (C=O) groups excluding carboxylic acids is 1. The first-order chi connectivity index (χ1) is 8.66. The highest BCUT2D eigenvalue weighted by atomic mass is 79.9. The highest BCUT2D eigenvalue weighted by Gasteiger charge is 2.04. The maximum absolute atomic E-state index is 12.0. The molecule has 0 atom stereocenters. The van der Waals surface area contributed by atoms with Crippen LogP contribution in [0.1, 0.15) is 15.9 Å². The fourth-order valence-corrected chi connectivity index (χ4v) is 2.10. The van der Waals surface area contributed by atoms with Crippen molar-refractivity contribution in [1.82, 2.24) is 0 Å². The van der Waals surface area contributed by atoms with Crippen molar-refractivity contribution in [2.24, 2.45) is 0 Å². The van der Waals surface area contributed by atoms with Crippen LogP contribution in [0.15, 0.2) is 59.1 Å². The second-order valence-corrected chi connectivity index (χ2v) is 5.02. The SMILES string of the molecule is O=C(C=Cc1ccc(Cl)cc1)c1ccccc1Br. The van der Waals surface area contributed by atoms with Crippen molar-refractivity contribution in [3.8, 4) is 0 Å². The second kappa shape index (κ2) is 5.98. The molecule has 0 unspecified atom stereocenters. The van der Waals surface area contributed by atoms with E-state index in [1.165, 1.54) is 0 Å². The molecule has 0 N–H and O–H groups in total. The third-order valence-electron chi connectivity index (χ3n) is 2.44. The molecule has 0 aliphatic heterocycles. The zero-order valence-electron chi connectivity index (χ0n) is 9.44. The summed E-state index contributed by atoms with van der Waals surface area (Å²) in [6.07, 6.45) is 3.33. The summed E-state index contributed by atoms with van der Waals surface area (Å²) in [5, 5.41) is 0.685. The summed E-state index contributed by atoms with van der Waals surface area (Å²) in [6, 6.07) is 14.7. The van der Waals surface area contributed by atoms with Crippen LogP contribution in [0.3, 0.4) is 0 Å². The summed E-state index contributed by atoms with van der Waals surface area (Å²) in [6.45, 7) is 0. The minimum Gasteiger partial charge on any atom is -0.289 e. The van der Waals surface area contributed by atoms with E-state index in [0.717, 1.165) is 10.0 Å². The van der Waals surface area contributed by atoms with Crippen LogP contribution in [-0.2, 0) is 0 Å². The van der Waals surface area contributed by atoms with Crippen molar-refractivity contribution in [2.75, 3.05) is 0 Å². The van der Waals surface area contributed by atoms with Gasteiger partial charge in [0.2, 0.25) is 0 Å². The number of allylic oxidation sites excluding steroid dienone is 1. The van der Waals surface area contributed by atoms with E-state index >= 15 is 0 Å². The molecular formula is C15H10BrClO. The third-order valence-corrected chi connectivity index (χ3v) is 3.38. The van der Waals surface area contributed by atoms with Crippen LogP contribution in [0.2, 0.25) is 5.02 Å². The van der Waals surface area contributed by atoms with Gasteiger partial charge < -0.3 is 0 Å². The topological polar surface area (TPSA) is 17.1 Å². The number of benzene rings is 2. The lowest BCUT2D eigenvalue weighted by Gasteiger charge is -1.99. The predicted molar refractivity (Wildman–Crippen MR) is 79.0 cm³/mol. The number of hydrogen-bond acceptors (Lipinski definition) is 1. The molecule has 2 aromatic rings. The van der Waals surface area contributed by atoms with Gasteiger partial charge in [-0.1, -0.05) is 57.9 Å². The van der Waals surface area contributed by atoms with Crippen LogP contribution in [0.5, 0.6) is 0 Å². The van der Waals surface area contributed by atoms with Crippen LogP contribution in [0.25, 0.3) is 6.08 Å². The van der Waals surface area contributed by atoms with E-state index < -0.39 is 0 Å². The van der Waals surface area contributed by atoms with Gasteiger partial charge in [-0.3, -0.25) is 4.79 Å². The van der Waals surface area contributed by atoms with E-state index in [-0.39, 0.29) is 5.78 Å². The standard InChI is InChI=1S/C15H10BrClO/c16-14-4-2-1-3-13(14)15(18)10-7-11-5-8-12(17)9-6-11/h1-10H. The summed E-state index contributed by atoms with van der Waals surface area (Å²) in [5.41, 5.74) is 1.60. The molecular weight excluding hydrogens is 312 g/mol. The quantitative estimate of drug-likeness (QED) is 0.574. The molecule has 0 aromatic heterocycles. The maximum atomic E-state index is 12.0. The summed E-state index contributed by atoms with van der Waals surface area (Å²) >= 11 is 9.15. The molecule has 0 saturated heterocycles. The van der Waals surface area contributed by atoms with Gasteiger partial charge in [0.25, 0.3) is 0 Å². The van der Waals surface area contributed by atoms with Gasteiger partial charge in [0, 0.05) is 15.1 Å². The molecule has 0 bridgehead atoms. The second-order valence-electron chi connectivity index (χ2n) is 3.73. The number of halogens is 2. The Morgan fingerprint density at radius 3 is 2.39 bits per heavy atom. The Labute approximate surface area is 119 Å². The van der Waals surface area contributed by atoms with E-state index in [9.17, 15) is 4.79 Å². The van der Waals surface area contributed by atoms with Gasteiger partial charge in [0.1, 0.15) is 0 Å². The molecule has 0 heterocycles. The van der Waals surface area contributed by atoms with Crippen LogP contribution >= 0.6 is 27.5 Å². The van der Waals surface area contributed by atoms with E-state index in [1.807, 2.05) is 30.3 Å². The van der Waals surface area contributed by atoms with Crippen molar-refractivity contribution in [3.05, 3.63) is 75.2 Å². The van der Waals surface area contributed by atoms with Gasteiger partial charge in [-0.25, -0.2) is 0 Å². The highest BCUT2D eigenvalue weighted by molar-refractivity contribution is 9.10. The minimum absolute atomic E-state index is 0.0302. The minimum atomic E-state index is -0.0302. The van der Waals surface area contributed by atoms with Crippen molar-refractivity contribution in [3.63, 3.8) is 0 Å². The lowest BCUT2D eigenvalue weighted by atomic mass is 10.1. The number of ketones is 1. The molecule has 0 saturated carbocycles. The molecule has 0 amide bonds. The highest BCUT2D eigenvalue weighted by Crippen LogP contribution is 2.17. The van der Waals surface area contributed by atoms with Crippen LogP contribution in [-0.4, -0.2) is 5.78 Å². The summed E-state index contributed by atoms with van der Waals surface area (Å²) < 4.78 is 0.802. The van der Waals surface area contributed by atoms with Gasteiger partial charge in [-0.2, -0.15) is 0 Å². The molecule has 0 aliphatic rings. The van der Waals surface area contributed by atoms with E-state index in [1.54, 1.807) is 30.4 Å². The molecule has 18 heavy (non-hydrogen) atoms. The summed E-state index contributed by atoms with van der Waals surface area (Å²) in [4.78, 5) is 12.0. The fraction of sp³-hybridized carbons (Fsp3) is 0. The zero-order chi connectivity index (χ0) is 13.0. The smallest absolute Gasteiger partial charge is 0.186 e. The number of carbonyl (C=O) groups is 1. The third kappa shape index (κ3) is 3.31. The Balaban J connectivity index is 2.17. The first-order valence-corrected chi connectivity index (χ1v) is 6.56. The Hall–Kier alpha value is -1.38. The Kier molecular flexibility index (Phi) is 4.34. The maximum Gasteiger partial charge on any atom is 0.186 e. The normalized spacial score (nSPS) is 10.8. The predicted octanol–water partition coefficient (Wildman–Crippen LogP) is 5.00. The zero-order valence-corrected chi connectivity index (χ0v) is 11.8. The monoisotopic (exact) mass is 320 g/mol. The van der Waals surface area contributed by atoms with Crippen LogP contribution in [0.4, 0.5) is 0 Å². The number of rotatable bonds is 3. The molecule has 2 rings (SSSR count). The molecule has 0 fully saturated rings. The van der Waals surface area contributed by atoms with Gasteiger partial charge in [-0.05, 0) is 35.9 Å². The average Bonchev–Trinajstić information content (AvgIpc) is 2.38. The first kappa shape index (κ1) is 13.1. The van der Waals surface area contributed by atoms with Gasteiger partial charge in [0.05, 0.1) is 0 Å². The van der Waals surface area contributed by atoms with Crippen molar-refractivity contribution in [1.29, 1.82) is 0 Å². The molecule has 3 heteroatoms. The Morgan fingerprint density at radius 1 is 1.06 bits per heavy atom. The molecule has 90 valence electrons. The number of hydrogen-bond donors (Lipinski definition) is 0. The van der Waals surface area contributed by atoms with E-state index in [0.29, 0.717) is 10.6 Å². The van der Waals surface area contributed by atoms with Gasteiger partial charge in [-0.15, -0.1) is 0 Å². The summed E-state index contributed by atoms with van der Waals surface area (Å²) in [7, 11) is 0. The Morgan fingerprint density at radius 2 is 1.72 bits per heavy atom. The molecule has 0 aliphatic carbocycles. The molecule has 2 aromatic carbocycles. The average molecular weight is 322 g/mol. The lowest BCUT2D eigenvalue weighted by Crippen LogP contribution is -1.94. The van der Waals surface area contributed by atoms with Crippen LogP contribution < -0.4 is 0 Å². The molecule has 1 nitrogen and oxygen atoms in total.